The van der Waals surface area contributed by atoms with Crippen LogP contribution in [0.4, 0.5) is 0 Å². The van der Waals surface area contributed by atoms with Crippen LogP contribution in [-0.2, 0) is 23.9 Å². The van der Waals surface area contributed by atoms with Gasteiger partial charge in [0.15, 0.2) is 5.41 Å². The van der Waals surface area contributed by atoms with E-state index in [-0.39, 0.29) is 32.0 Å². The summed E-state index contributed by atoms with van der Waals surface area (Å²) in [5.74, 6) is -1.81. The Morgan fingerprint density at radius 2 is 1.63 bits per heavy atom. The molecule has 0 aromatic carbocycles. The number of rotatable bonds is 6. The molecule has 0 aliphatic heterocycles. The summed E-state index contributed by atoms with van der Waals surface area (Å²) in [6.07, 6.45) is 2.73. The zero-order chi connectivity index (χ0) is 14.5. The van der Waals surface area contributed by atoms with Gasteiger partial charge in [-0.3, -0.25) is 9.59 Å². The van der Waals surface area contributed by atoms with E-state index in [2.05, 4.69) is 6.58 Å². The van der Waals surface area contributed by atoms with Crippen LogP contribution in [0.3, 0.4) is 0 Å². The van der Waals surface area contributed by atoms with Gasteiger partial charge < -0.3 is 14.3 Å². The van der Waals surface area contributed by atoms with Gasteiger partial charge in [-0.25, -0.2) is 0 Å². The quantitative estimate of drug-likeness (QED) is 0.316. The van der Waals surface area contributed by atoms with Gasteiger partial charge in [0.2, 0.25) is 0 Å². The third-order valence-corrected chi connectivity index (χ3v) is 3.53. The van der Waals surface area contributed by atoms with E-state index in [0.717, 1.165) is 6.29 Å². The van der Waals surface area contributed by atoms with Crippen molar-refractivity contribution >= 4 is 18.2 Å². The normalized spacial score (nSPS) is 24.5. The van der Waals surface area contributed by atoms with Crippen molar-refractivity contribution in [2.24, 2.45) is 17.3 Å². The van der Waals surface area contributed by atoms with E-state index in [1.807, 2.05) is 0 Å². The lowest BCUT2D eigenvalue weighted by atomic mass is 9.85. The third kappa shape index (κ3) is 2.85. The van der Waals surface area contributed by atoms with Gasteiger partial charge in [0.1, 0.15) is 6.29 Å². The molecule has 106 valence electrons. The highest BCUT2D eigenvalue weighted by molar-refractivity contribution is 6.01. The fourth-order valence-electron chi connectivity index (χ4n) is 2.55. The molecule has 19 heavy (non-hydrogen) atoms. The lowest BCUT2D eigenvalue weighted by Crippen LogP contribution is -2.40. The maximum absolute atomic E-state index is 12.1. The molecule has 1 rings (SSSR count). The highest BCUT2D eigenvalue weighted by atomic mass is 16.6. The molecule has 0 heterocycles. The van der Waals surface area contributed by atoms with Gasteiger partial charge in [-0.05, 0) is 32.6 Å². The van der Waals surface area contributed by atoms with E-state index >= 15 is 0 Å². The first-order valence-electron chi connectivity index (χ1n) is 6.48. The van der Waals surface area contributed by atoms with Crippen LogP contribution in [0.2, 0.25) is 0 Å². The summed E-state index contributed by atoms with van der Waals surface area (Å²) in [4.78, 5) is 35.3. The van der Waals surface area contributed by atoms with Gasteiger partial charge in [0.05, 0.1) is 13.2 Å². The van der Waals surface area contributed by atoms with Crippen LogP contribution in [0.1, 0.15) is 26.7 Å². The lowest BCUT2D eigenvalue weighted by Gasteiger charge is -2.24. The van der Waals surface area contributed by atoms with Crippen LogP contribution in [0, 0.1) is 17.3 Å². The number of carbonyl (C=O) groups excluding carboxylic acids is 3. The second-order valence-electron chi connectivity index (χ2n) is 4.63. The van der Waals surface area contributed by atoms with Crippen molar-refractivity contribution in [2.45, 2.75) is 26.7 Å². The Morgan fingerprint density at radius 3 is 1.95 bits per heavy atom. The Bertz CT molecular complexity index is 338. The molecule has 0 saturated heterocycles. The Morgan fingerprint density at radius 1 is 1.16 bits per heavy atom. The fourth-order valence-corrected chi connectivity index (χ4v) is 2.55. The monoisotopic (exact) mass is 268 g/mol. The van der Waals surface area contributed by atoms with Gasteiger partial charge in [-0.15, -0.1) is 6.58 Å². The molecule has 1 aliphatic rings. The minimum atomic E-state index is -1.36. The highest BCUT2D eigenvalue weighted by Gasteiger charge is 2.56. The van der Waals surface area contributed by atoms with Gasteiger partial charge in [0, 0.05) is 5.92 Å². The van der Waals surface area contributed by atoms with Crippen LogP contribution in [0.15, 0.2) is 12.7 Å². The maximum Gasteiger partial charge on any atom is 0.323 e. The van der Waals surface area contributed by atoms with Crippen LogP contribution in [0.25, 0.3) is 0 Å². The van der Waals surface area contributed by atoms with E-state index in [1.54, 1.807) is 19.9 Å². The topological polar surface area (TPSA) is 69.7 Å². The van der Waals surface area contributed by atoms with E-state index in [1.165, 1.54) is 0 Å². The van der Waals surface area contributed by atoms with E-state index in [9.17, 15) is 14.4 Å². The van der Waals surface area contributed by atoms with Gasteiger partial charge >= 0.3 is 11.9 Å². The van der Waals surface area contributed by atoms with Crippen molar-refractivity contribution in [1.29, 1.82) is 0 Å². The molecular formula is C14H20O5. The summed E-state index contributed by atoms with van der Waals surface area (Å²) in [6, 6.07) is 0. The number of hydrogen-bond donors (Lipinski definition) is 0. The fraction of sp³-hybridized carbons (Fsp3) is 0.643. The molecule has 1 unspecified atom stereocenters. The summed E-state index contributed by atoms with van der Waals surface area (Å²) in [7, 11) is 0. The van der Waals surface area contributed by atoms with Crippen LogP contribution >= 0.6 is 0 Å². The molecule has 5 heteroatoms. The average molecular weight is 268 g/mol. The molecule has 0 spiro atoms. The summed E-state index contributed by atoms with van der Waals surface area (Å²) < 4.78 is 9.98. The van der Waals surface area contributed by atoms with Crippen LogP contribution in [-0.4, -0.2) is 31.4 Å². The predicted molar refractivity (Wildman–Crippen MR) is 68.2 cm³/mol. The molecule has 1 saturated carbocycles. The highest BCUT2D eigenvalue weighted by Crippen LogP contribution is 2.47. The largest absolute Gasteiger partial charge is 0.465 e. The molecule has 0 aromatic rings. The Hall–Kier alpha value is -1.65. The van der Waals surface area contributed by atoms with Gasteiger partial charge in [0.25, 0.3) is 0 Å². The Labute approximate surface area is 112 Å². The summed E-state index contributed by atoms with van der Waals surface area (Å²) >= 11 is 0. The van der Waals surface area contributed by atoms with Crippen molar-refractivity contribution in [3.8, 4) is 0 Å². The SMILES string of the molecule is C=C[C@@H]1CC(C(=O)OCC)(C(=O)OCC)CC1C=O. The minimum absolute atomic E-state index is 0.130. The Balaban J connectivity index is 3.07. The summed E-state index contributed by atoms with van der Waals surface area (Å²) in [5.41, 5.74) is -1.36. The number of carbonyl (C=O) groups is 3. The molecule has 0 amide bonds. The maximum atomic E-state index is 12.1. The van der Waals surface area contributed by atoms with Crippen LogP contribution in [0.5, 0.6) is 0 Å². The number of esters is 2. The first kappa shape index (κ1) is 15.4. The van der Waals surface area contributed by atoms with Crippen molar-refractivity contribution < 1.29 is 23.9 Å². The molecule has 0 radical (unpaired) electrons. The molecular weight excluding hydrogens is 248 g/mol. The van der Waals surface area contributed by atoms with Crippen LogP contribution < -0.4 is 0 Å². The van der Waals surface area contributed by atoms with E-state index in [4.69, 9.17) is 9.47 Å². The molecule has 2 atom stereocenters. The average Bonchev–Trinajstić information content (AvgIpc) is 2.79. The first-order valence-corrected chi connectivity index (χ1v) is 6.48. The van der Waals surface area contributed by atoms with Crippen molar-refractivity contribution in [2.75, 3.05) is 13.2 Å². The summed E-state index contributed by atoms with van der Waals surface area (Å²) in [5, 5.41) is 0. The van der Waals surface area contributed by atoms with Crippen molar-refractivity contribution in [1.82, 2.24) is 0 Å². The smallest absolute Gasteiger partial charge is 0.323 e. The van der Waals surface area contributed by atoms with E-state index < -0.39 is 23.3 Å². The molecule has 5 nitrogen and oxygen atoms in total. The molecule has 1 fully saturated rings. The summed E-state index contributed by atoms with van der Waals surface area (Å²) in [6.45, 7) is 7.37. The zero-order valence-corrected chi connectivity index (χ0v) is 11.4. The van der Waals surface area contributed by atoms with E-state index in [0.29, 0.717) is 0 Å². The zero-order valence-electron chi connectivity index (χ0n) is 11.4. The molecule has 1 aliphatic carbocycles. The molecule has 0 bridgehead atoms. The third-order valence-electron chi connectivity index (χ3n) is 3.53. The van der Waals surface area contributed by atoms with Gasteiger partial charge in [-0.2, -0.15) is 0 Å². The van der Waals surface area contributed by atoms with Gasteiger partial charge in [-0.1, -0.05) is 6.08 Å². The predicted octanol–water partition coefficient (Wildman–Crippen LogP) is 1.51. The van der Waals surface area contributed by atoms with Crippen molar-refractivity contribution in [3.05, 3.63) is 12.7 Å². The molecule has 0 aromatic heterocycles. The lowest BCUT2D eigenvalue weighted by molar-refractivity contribution is -0.171. The minimum Gasteiger partial charge on any atom is -0.465 e. The number of hydrogen-bond acceptors (Lipinski definition) is 5. The number of allylic oxidation sites excluding steroid dienone is 1. The molecule has 0 N–H and O–H groups in total. The second kappa shape index (κ2) is 6.50. The number of ether oxygens (including phenoxy) is 2. The van der Waals surface area contributed by atoms with Crippen molar-refractivity contribution in [3.63, 3.8) is 0 Å². The Kier molecular flexibility index (Phi) is 5.27. The number of aldehydes is 1. The second-order valence-corrected chi connectivity index (χ2v) is 4.63. The first-order chi connectivity index (χ1) is 9.05. The standard InChI is InChI=1S/C14H20O5/c1-4-10-7-14(8-11(10)9-15,12(16)18-5-2)13(17)19-6-3/h4,9-11H,1,5-8H2,2-3H3/t10-,11?/m1/s1.